The van der Waals surface area contributed by atoms with Gasteiger partial charge in [-0.2, -0.15) is 0 Å². The normalized spacial score (nSPS) is 13.4. The largest absolute Gasteiger partial charge is 0.381 e. The zero-order valence-electron chi connectivity index (χ0n) is 19.2. The SMILES string of the molecule is NC(=O)[C@@H](Cc1cnc2ccccc2n1)NC(=O)[C@H](O)[C@@H](NC(=O)c1ccccc1)c1ccccc1. The lowest BCUT2D eigenvalue weighted by atomic mass is 9.99. The number of benzene rings is 3. The second-order valence-electron chi connectivity index (χ2n) is 8.19. The minimum atomic E-state index is -1.70. The summed E-state index contributed by atoms with van der Waals surface area (Å²) in [6, 6.07) is 22.1. The minimum absolute atomic E-state index is 0.0159. The second-order valence-corrected chi connectivity index (χ2v) is 8.19. The third-order valence-electron chi connectivity index (χ3n) is 5.64. The van der Waals surface area contributed by atoms with E-state index in [0.29, 0.717) is 27.9 Å². The highest BCUT2D eigenvalue weighted by Gasteiger charge is 2.32. The summed E-state index contributed by atoms with van der Waals surface area (Å²) in [7, 11) is 0. The first kappa shape index (κ1) is 24.5. The molecule has 4 aromatic rings. The molecule has 3 atom stereocenters. The van der Waals surface area contributed by atoms with Crippen LogP contribution < -0.4 is 16.4 Å². The lowest BCUT2D eigenvalue weighted by molar-refractivity contribution is -0.134. The Kier molecular flexibility index (Phi) is 7.62. The molecule has 0 radical (unpaired) electrons. The maximum atomic E-state index is 13.0. The first-order valence-electron chi connectivity index (χ1n) is 11.3. The summed E-state index contributed by atoms with van der Waals surface area (Å²) < 4.78 is 0. The molecule has 0 bridgehead atoms. The number of hydrogen-bond acceptors (Lipinski definition) is 6. The molecule has 9 heteroatoms. The van der Waals surface area contributed by atoms with E-state index in [1.54, 1.807) is 66.7 Å². The van der Waals surface area contributed by atoms with Crippen LogP contribution >= 0.6 is 0 Å². The highest BCUT2D eigenvalue weighted by Crippen LogP contribution is 2.19. The molecule has 4 rings (SSSR count). The van der Waals surface area contributed by atoms with E-state index < -0.39 is 35.9 Å². The maximum Gasteiger partial charge on any atom is 0.252 e. The molecule has 36 heavy (non-hydrogen) atoms. The van der Waals surface area contributed by atoms with Crippen molar-refractivity contribution < 1.29 is 19.5 Å². The van der Waals surface area contributed by atoms with Crippen molar-refractivity contribution in [1.82, 2.24) is 20.6 Å². The summed E-state index contributed by atoms with van der Waals surface area (Å²) in [5.74, 6) is -2.13. The number of primary amides is 1. The fourth-order valence-electron chi connectivity index (χ4n) is 3.75. The molecular weight excluding hydrogens is 458 g/mol. The summed E-state index contributed by atoms with van der Waals surface area (Å²) in [6.07, 6.45) is -0.212. The summed E-state index contributed by atoms with van der Waals surface area (Å²) in [5, 5.41) is 16.2. The monoisotopic (exact) mass is 483 g/mol. The molecule has 182 valence electrons. The van der Waals surface area contributed by atoms with Crippen molar-refractivity contribution >= 4 is 28.8 Å². The number of aliphatic hydroxyl groups excluding tert-OH is 1. The third kappa shape index (κ3) is 5.89. The Labute approximate surface area is 207 Å². The Balaban J connectivity index is 1.52. The summed E-state index contributed by atoms with van der Waals surface area (Å²) >= 11 is 0. The zero-order valence-corrected chi connectivity index (χ0v) is 19.2. The zero-order chi connectivity index (χ0) is 25.5. The van der Waals surface area contributed by atoms with E-state index in [4.69, 9.17) is 5.73 Å². The molecule has 0 aliphatic heterocycles. The molecule has 3 amide bonds. The smallest absolute Gasteiger partial charge is 0.252 e. The average molecular weight is 484 g/mol. The van der Waals surface area contributed by atoms with Gasteiger partial charge in [0.1, 0.15) is 6.04 Å². The van der Waals surface area contributed by atoms with Crippen molar-refractivity contribution in [2.24, 2.45) is 5.73 Å². The molecule has 3 aromatic carbocycles. The van der Waals surface area contributed by atoms with Gasteiger partial charge in [-0.05, 0) is 29.8 Å². The van der Waals surface area contributed by atoms with Crippen molar-refractivity contribution in [2.75, 3.05) is 0 Å². The van der Waals surface area contributed by atoms with Crippen LogP contribution in [0.25, 0.3) is 11.0 Å². The molecule has 0 aliphatic carbocycles. The third-order valence-corrected chi connectivity index (χ3v) is 5.64. The van der Waals surface area contributed by atoms with E-state index in [1.807, 2.05) is 18.2 Å². The number of amides is 3. The van der Waals surface area contributed by atoms with Gasteiger partial charge in [0.2, 0.25) is 5.91 Å². The Bertz CT molecular complexity index is 1360. The molecule has 1 aromatic heterocycles. The number of para-hydroxylation sites is 2. The van der Waals surface area contributed by atoms with Gasteiger partial charge in [0.25, 0.3) is 11.8 Å². The molecule has 9 nitrogen and oxygen atoms in total. The molecule has 0 saturated carbocycles. The molecule has 0 unspecified atom stereocenters. The predicted octanol–water partition coefficient (Wildman–Crippen LogP) is 1.67. The summed E-state index contributed by atoms with van der Waals surface area (Å²) in [4.78, 5) is 46.7. The van der Waals surface area contributed by atoms with Crippen LogP contribution in [0.4, 0.5) is 0 Å². The van der Waals surface area contributed by atoms with E-state index >= 15 is 0 Å². The molecule has 0 fully saturated rings. The fourth-order valence-corrected chi connectivity index (χ4v) is 3.75. The van der Waals surface area contributed by atoms with Crippen LogP contribution in [0.15, 0.2) is 91.1 Å². The van der Waals surface area contributed by atoms with Gasteiger partial charge in [0.15, 0.2) is 6.10 Å². The first-order valence-corrected chi connectivity index (χ1v) is 11.3. The number of fused-ring (bicyclic) bond motifs is 1. The minimum Gasteiger partial charge on any atom is -0.381 e. The van der Waals surface area contributed by atoms with Gasteiger partial charge in [-0.15, -0.1) is 0 Å². The maximum absolute atomic E-state index is 13.0. The van der Waals surface area contributed by atoms with Crippen LogP contribution in [0.5, 0.6) is 0 Å². The van der Waals surface area contributed by atoms with Gasteiger partial charge in [-0.3, -0.25) is 19.4 Å². The van der Waals surface area contributed by atoms with Crippen molar-refractivity contribution in [3.63, 3.8) is 0 Å². The van der Waals surface area contributed by atoms with E-state index in [-0.39, 0.29) is 6.42 Å². The van der Waals surface area contributed by atoms with Crippen LogP contribution in [0.2, 0.25) is 0 Å². The Morgan fingerprint density at radius 3 is 2.11 bits per heavy atom. The number of carbonyl (C=O) groups excluding carboxylic acids is 3. The number of nitrogens with one attached hydrogen (secondary N) is 2. The average Bonchev–Trinajstić information content (AvgIpc) is 2.91. The van der Waals surface area contributed by atoms with E-state index in [1.165, 1.54) is 6.20 Å². The quantitative estimate of drug-likeness (QED) is 0.285. The fraction of sp³-hybridized carbons (Fsp3) is 0.148. The molecular formula is C27H25N5O4. The topological polar surface area (TPSA) is 147 Å². The van der Waals surface area contributed by atoms with Crippen LogP contribution in [0.1, 0.15) is 27.7 Å². The summed E-state index contributed by atoms with van der Waals surface area (Å²) in [5.41, 5.74) is 8.20. The van der Waals surface area contributed by atoms with Gasteiger partial charge in [0.05, 0.1) is 22.8 Å². The highest BCUT2D eigenvalue weighted by atomic mass is 16.3. The van der Waals surface area contributed by atoms with Gasteiger partial charge in [0, 0.05) is 18.2 Å². The van der Waals surface area contributed by atoms with Crippen LogP contribution in [-0.2, 0) is 16.0 Å². The molecule has 0 saturated heterocycles. The number of hydrogen-bond donors (Lipinski definition) is 4. The Hall–Kier alpha value is -4.63. The number of aliphatic hydroxyl groups is 1. The van der Waals surface area contributed by atoms with Crippen molar-refractivity contribution in [1.29, 1.82) is 0 Å². The summed E-state index contributed by atoms with van der Waals surface area (Å²) in [6.45, 7) is 0. The van der Waals surface area contributed by atoms with Gasteiger partial charge >= 0.3 is 0 Å². The number of nitrogens with zero attached hydrogens (tertiary/aromatic N) is 2. The second kappa shape index (κ2) is 11.2. The Morgan fingerprint density at radius 2 is 1.44 bits per heavy atom. The lowest BCUT2D eigenvalue weighted by Gasteiger charge is -2.25. The van der Waals surface area contributed by atoms with E-state index in [0.717, 1.165) is 0 Å². The number of aromatic nitrogens is 2. The van der Waals surface area contributed by atoms with E-state index in [9.17, 15) is 19.5 Å². The molecule has 1 heterocycles. The van der Waals surface area contributed by atoms with Crippen molar-refractivity contribution in [3.8, 4) is 0 Å². The number of nitrogens with two attached hydrogens (primary N) is 1. The van der Waals surface area contributed by atoms with Crippen molar-refractivity contribution in [2.45, 2.75) is 24.6 Å². The van der Waals surface area contributed by atoms with Gasteiger partial charge in [-0.1, -0.05) is 60.7 Å². The lowest BCUT2D eigenvalue weighted by Crippen LogP contribution is -2.52. The number of rotatable bonds is 9. The van der Waals surface area contributed by atoms with Crippen LogP contribution in [-0.4, -0.2) is 44.9 Å². The predicted molar refractivity (Wildman–Crippen MR) is 133 cm³/mol. The Morgan fingerprint density at radius 1 is 0.833 bits per heavy atom. The molecule has 0 aliphatic rings. The standard InChI is InChI=1S/C27H25N5O4/c28-25(34)22(15-19-16-29-20-13-7-8-14-21(20)30-19)31-27(36)24(33)23(17-9-3-1-4-10-17)32-26(35)18-11-5-2-6-12-18/h1-14,16,22-24,33H,15H2,(H2,28,34)(H,31,36)(H,32,35)/t22-,23+,24-/m1/s1. The number of carbonyl (C=O) groups is 3. The highest BCUT2D eigenvalue weighted by molar-refractivity contribution is 5.95. The molecule has 5 N–H and O–H groups in total. The van der Waals surface area contributed by atoms with Crippen molar-refractivity contribution in [3.05, 3.63) is 108 Å². The van der Waals surface area contributed by atoms with E-state index in [2.05, 4.69) is 20.6 Å². The first-order chi connectivity index (χ1) is 17.4. The van der Waals surface area contributed by atoms with Crippen LogP contribution in [0, 0.1) is 0 Å². The van der Waals surface area contributed by atoms with Gasteiger partial charge in [-0.25, -0.2) is 4.98 Å². The molecule has 0 spiro atoms. The van der Waals surface area contributed by atoms with Gasteiger partial charge < -0.3 is 21.5 Å². The van der Waals surface area contributed by atoms with Crippen LogP contribution in [0.3, 0.4) is 0 Å².